The molecule has 4 amide bonds. The van der Waals surface area contributed by atoms with E-state index in [4.69, 9.17) is 9.84 Å². The second-order valence-electron chi connectivity index (χ2n) is 6.71. The first kappa shape index (κ1) is 23.7. The van der Waals surface area contributed by atoms with Crippen molar-refractivity contribution >= 4 is 18.3 Å². The normalized spacial score (nSPS) is 19.0. The summed E-state index contributed by atoms with van der Waals surface area (Å²) >= 11 is 0. The number of nitrogens with one attached hydrogen (secondary N) is 2. The molecule has 0 aliphatic carbocycles. The lowest BCUT2D eigenvalue weighted by Crippen LogP contribution is -2.52. The minimum absolute atomic E-state index is 0.126. The van der Waals surface area contributed by atoms with Gasteiger partial charge in [0.05, 0.1) is 13.2 Å². The lowest BCUT2D eigenvalue weighted by Gasteiger charge is -2.31. The molecule has 1 aromatic carbocycles. The summed E-state index contributed by atoms with van der Waals surface area (Å²) in [5.74, 6) is -2.09. The Kier molecular flexibility index (Phi) is 8.03. The lowest BCUT2D eigenvalue weighted by atomic mass is 9.89. The fourth-order valence-electron chi connectivity index (χ4n) is 3.04. The van der Waals surface area contributed by atoms with Crippen molar-refractivity contribution in [1.29, 1.82) is 0 Å². The summed E-state index contributed by atoms with van der Waals surface area (Å²) in [4.78, 5) is 37.3. The molecule has 166 valence electrons. The van der Waals surface area contributed by atoms with Gasteiger partial charge in [-0.05, 0) is 42.3 Å². The molecular weight excluding hydrogens is 412 g/mol. The van der Waals surface area contributed by atoms with Crippen molar-refractivity contribution in [3.05, 3.63) is 71.5 Å². The highest BCUT2D eigenvalue weighted by Crippen LogP contribution is 2.27. The van der Waals surface area contributed by atoms with Gasteiger partial charge in [0, 0.05) is 6.54 Å². The van der Waals surface area contributed by atoms with E-state index in [1.54, 1.807) is 0 Å². The number of nitrogens with zero attached hydrogens (tertiary/aromatic N) is 1. The van der Waals surface area contributed by atoms with Crippen molar-refractivity contribution < 1.29 is 33.0 Å². The third-order valence-electron chi connectivity index (χ3n) is 4.45. The Morgan fingerprint density at radius 2 is 2.00 bits per heavy atom. The average Bonchev–Trinajstić information content (AvgIpc) is 3.03. The second-order valence-corrected chi connectivity index (χ2v) is 6.71. The molecule has 0 spiro atoms. The van der Waals surface area contributed by atoms with Gasteiger partial charge in [0.15, 0.2) is 17.1 Å². The number of allylic oxidation sites excluding steroid dienone is 2. The summed E-state index contributed by atoms with van der Waals surface area (Å²) in [6.07, 6.45) is 2.87. The number of hydrogen-bond acceptors (Lipinski definition) is 5. The molecule has 1 aliphatic rings. The number of benzene rings is 1. The van der Waals surface area contributed by atoms with Gasteiger partial charge in [0.2, 0.25) is 6.41 Å². The van der Waals surface area contributed by atoms with Crippen LogP contribution in [0.25, 0.3) is 0 Å². The van der Waals surface area contributed by atoms with Gasteiger partial charge in [-0.3, -0.25) is 14.9 Å². The molecule has 1 heterocycles. The number of hydrogen-bond donors (Lipinski definition) is 3. The molecule has 31 heavy (non-hydrogen) atoms. The molecule has 1 atom stereocenters. The highest BCUT2D eigenvalue weighted by atomic mass is 19.1. The van der Waals surface area contributed by atoms with Gasteiger partial charge < -0.3 is 20.1 Å². The van der Waals surface area contributed by atoms with Crippen LogP contribution in [0, 0.1) is 5.82 Å². The molecule has 0 saturated carbocycles. The van der Waals surface area contributed by atoms with Crippen molar-refractivity contribution in [1.82, 2.24) is 15.5 Å². The molecule has 0 radical (unpaired) electrons. The molecule has 10 heteroatoms. The highest BCUT2D eigenvalue weighted by molar-refractivity contribution is 6.07. The monoisotopic (exact) mass is 435 g/mol. The summed E-state index contributed by atoms with van der Waals surface area (Å²) in [6, 6.07) is 4.17. The highest BCUT2D eigenvalue weighted by Gasteiger charge is 2.48. The van der Waals surface area contributed by atoms with Gasteiger partial charge in [-0.15, -0.1) is 0 Å². The number of halogens is 2. The molecule has 3 N–H and O–H groups in total. The fourth-order valence-corrected chi connectivity index (χ4v) is 3.04. The van der Waals surface area contributed by atoms with Crippen LogP contribution in [0.4, 0.5) is 13.6 Å². The van der Waals surface area contributed by atoms with Crippen molar-refractivity contribution in [3.8, 4) is 0 Å². The Morgan fingerprint density at radius 1 is 1.32 bits per heavy atom. The van der Waals surface area contributed by atoms with Gasteiger partial charge in [0.25, 0.3) is 5.91 Å². The third kappa shape index (κ3) is 5.76. The number of carbonyl (C=O) groups is 3. The maximum atomic E-state index is 14.0. The number of rotatable bonds is 11. The van der Waals surface area contributed by atoms with E-state index in [2.05, 4.69) is 17.2 Å². The van der Waals surface area contributed by atoms with Crippen LogP contribution >= 0.6 is 0 Å². The van der Waals surface area contributed by atoms with Gasteiger partial charge in [0.1, 0.15) is 12.4 Å². The van der Waals surface area contributed by atoms with Crippen LogP contribution in [0.2, 0.25) is 0 Å². The van der Waals surface area contributed by atoms with Gasteiger partial charge >= 0.3 is 6.03 Å². The molecule has 1 saturated heterocycles. The Morgan fingerprint density at radius 3 is 2.52 bits per heavy atom. The number of urea groups is 1. The predicted molar refractivity (Wildman–Crippen MR) is 108 cm³/mol. The average molecular weight is 435 g/mol. The van der Waals surface area contributed by atoms with E-state index in [1.165, 1.54) is 25.1 Å². The molecule has 1 fully saturated rings. The van der Waals surface area contributed by atoms with Crippen molar-refractivity contribution in [3.63, 3.8) is 0 Å². The quantitative estimate of drug-likeness (QED) is 0.212. The largest absolute Gasteiger partial charge is 0.488 e. The van der Waals surface area contributed by atoms with Crippen LogP contribution in [-0.2, 0) is 19.9 Å². The number of amides is 4. The van der Waals surface area contributed by atoms with Crippen LogP contribution in [0.3, 0.4) is 0 Å². The first-order chi connectivity index (χ1) is 14.7. The van der Waals surface area contributed by atoms with E-state index in [-0.39, 0.29) is 43.2 Å². The zero-order chi connectivity index (χ0) is 23.0. The number of ether oxygens (including phenoxy) is 1. The van der Waals surface area contributed by atoms with Crippen LogP contribution in [-0.4, -0.2) is 54.7 Å². The summed E-state index contributed by atoms with van der Waals surface area (Å²) in [5.41, 5.74) is -1.10. The van der Waals surface area contributed by atoms with Crippen LogP contribution in [0.1, 0.15) is 12.5 Å². The minimum Gasteiger partial charge on any atom is -0.488 e. The van der Waals surface area contributed by atoms with E-state index >= 15 is 0 Å². The van der Waals surface area contributed by atoms with Crippen molar-refractivity contribution in [2.45, 2.75) is 12.5 Å². The second kappa shape index (κ2) is 10.5. The molecular formula is C21H23F2N3O5. The topological polar surface area (TPSA) is 108 Å². The lowest BCUT2D eigenvalue weighted by molar-refractivity contribution is -0.126. The van der Waals surface area contributed by atoms with E-state index < -0.39 is 29.1 Å². The van der Waals surface area contributed by atoms with E-state index in [0.29, 0.717) is 6.41 Å². The summed E-state index contributed by atoms with van der Waals surface area (Å²) < 4.78 is 32.4. The van der Waals surface area contributed by atoms with Crippen LogP contribution in [0.5, 0.6) is 0 Å². The van der Waals surface area contributed by atoms with Crippen LogP contribution in [0.15, 0.2) is 60.2 Å². The fraction of sp³-hybridized carbons (Fsp3) is 0.286. The first-order valence-electron chi connectivity index (χ1n) is 9.30. The summed E-state index contributed by atoms with van der Waals surface area (Å²) in [5, 5.41) is 13.5. The Bertz CT molecular complexity index is 914. The number of aliphatic hydroxyl groups excluding tert-OH is 1. The number of imide groups is 1. The molecule has 1 unspecified atom stereocenters. The smallest absolute Gasteiger partial charge is 0.322 e. The van der Waals surface area contributed by atoms with Crippen LogP contribution < -0.4 is 10.6 Å². The Hall–Kier alpha value is -3.53. The van der Waals surface area contributed by atoms with Gasteiger partial charge in [-0.1, -0.05) is 18.7 Å². The summed E-state index contributed by atoms with van der Waals surface area (Å²) in [7, 11) is 0. The molecule has 0 aromatic heterocycles. The molecule has 1 aromatic rings. The zero-order valence-corrected chi connectivity index (χ0v) is 16.9. The maximum Gasteiger partial charge on any atom is 0.322 e. The summed E-state index contributed by atoms with van der Waals surface area (Å²) in [6.45, 7) is 4.35. The SMILES string of the molecule is C=C(/C=C(OCCO)\C(F)=C/C)CN(C=O)CC1(c2ccc(F)cc2)NC(=O)NC1=O. The minimum atomic E-state index is -1.64. The Balaban J connectivity index is 2.27. The maximum absolute atomic E-state index is 14.0. The zero-order valence-electron chi connectivity index (χ0n) is 16.9. The van der Waals surface area contributed by atoms with E-state index in [9.17, 15) is 23.2 Å². The van der Waals surface area contributed by atoms with E-state index in [0.717, 1.165) is 23.1 Å². The van der Waals surface area contributed by atoms with Crippen molar-refractivity contribution in [2.75, 3.05) is 26.3 Å². The number of carbonyl (C=O) groups excluding carboxylic acids is 3. The molecule has 2 rings (SSSR count). The van der Waals surface area contributed by atoms with Gasteiger partial charge in [-0.2, -0.15) is 0 Å². The number of aliphatic hydroxyl groups is 1. The molecule has 1 aliphatic heterocycles. The predicted octanol–water partition coefficient (Wildman–Crippen LogP) is 1.64. The first-order valence-corrected chi connectivity index (χ1v) is 9.30. The molecule has 0 bridgehead atoms. The Labute approximate surface area is 177 Å². The van der Waals surface area contributed by atoms with E-state index in [1.807, 2.05) is 0 Å². The van der Waals surface area contributed by atoms with Crippen molar-refractivity contribution in [2.24, 2.45) is 0 Å². The van der Waals surface area contributed by atoms with Gasteiger partial charge in [-0.25, -0.2) is 13.6 Å². The molecule has 8 nitrogen and oxygen atoms in total. The third-order valence-corrected chi connectivity index (χ3v) is 4.45. The standard InChI is InChI=1S/C21H23F2N3O5/c1-3-17(23)18(31-9-8-27)10-14(2)11-26(13-28)12-21(19(29)24-20(30)25-21)15-4-6-16(22)7-5-15/h3-7,10,13,27H,2,8-9,11-12H2,1H3,(H2,24,25,29,30)/b17-3+,18-10+.